The lowest BCUT2D eigenvalue weighted by molar-refractivity contribution is -0.162. The van der Waals surface area contributed by atoms with Crippen molar-refractivity contribution in [1.29, 1.82) is 0 Å². The number of unbranched alkanes of at least 4 members (excludes halogenated alkanes) is 1. The van der Waals surface area contributed by atoms with Gasteiger partial charge < -0.3 is 78.4 Å². The molecule has 0 aliphatic carbocycles. The lowest BCUT2D eigenvalue weighted by atomic mass is 10.0. The van der Waals surface area contributed by atoms with Crippen LogP contribution in [0.15, 0.2) is 91.1 Å². The monoisotopic (exact) mass is 1160 g/mol. The van der Waals surface area contributed by atoms with Gasteiger partial charge in [-0.3, -0.25) is 38.4 Å². The van der Waals surface area contributed by atoms with Crippen molar-refractivity contribution in [2.75, 3.05) is 24.7 Å². The molecule has 12 atom stereocenters. The van der Waals surface area contributed by atoms with Crippen molar-refractivity contribution in [3.05, 3.63) is 108 Å². The number of aliphatic hydroxyl groups is 4. The summed E-state index contributed by atoms with van der Waals surface area (Å²) >= 11 is 0. The van der Waals surface area contributed by atoms with E-state index in [0.29, 0.717) is 29.5 Å². The fourth-order valence-electron chi connectivity index (χ4n) is 8.43. The maximum atomic E-state index is 14.9. The summed E-state index contributed by atoms with van der Waals surface area (Å²) in [6.07, 6.45) is -3.90. The second-order valence-corrected chi connectivity index (χ2v) is 22.2. The molecule has 8 unspecified atom stereocenters. The Labute approximate surface area is 476 Å². The first kappa shape index (κ1) is 64.7. The first-order valence-electron chi connectivity index (χ1n) is 26.5. The van der Waals surface area contributed by atoms with Crippen LogP contribution in [-0.4, -0.2) is 176 Å². The summed E-state index contributed by atoms with van der Waals surface area (Å²) in [7, 11) is 1.87. The highest BCUT2D eigenvalue weighted by Crippen LogP contribution is 2.25. The summed E-state index contributed by atoms with van der Waals surface area (Å²) in [6.45, 7) is 4.47. The van der Waals surface area contributed by atoms with E-state index >= 15 is 0 Å². The topological polar surface area (TPSA) is 382 Å². The van der Waals surface area contributed by atoms with Crippen molar-refractivity contribution in [2.45, 2.75) is 139 Å². The van der Waals surface area contributed by atoms with Crippen LogP contribution in [0.5, 0.6) is 0 Å². The SMILES string of the molecule is C[C@@H](O)C(=O)O[C@H](C)C(=O)NC(Cc1ccccc1)C(=O)NC1CSSCC(C(=O)NC(CO)[C@@H](C)O)NC(=O)C([C@@H](C)O)NC(=O)C(CCCCN)NC(=O)C(Cc2c[nH]c3ccccc23)NC(=O)C(Cc2ccccc2)NC1=O. The fraction of sp³-hybridized carbons (Fsp3) is 0.473. The van der Waals surface area contributed by atoms with Gasteiger partial charge in [0.1, 0.15) is 48.4 Å². The predicted octanol–water partition coefficient (Wildman–Crippen LogP) is -1.34. The van der Waals surface area contributed by atoms with E-state index in [1.54, 1.807) is 72.9 Å². The van der Waals surface area contributed by atoms with Crippen LogP contribution in [0.2, 0.25) is 0 Å². The maximum absolute atomic E-state index is 14.9. The number of aliphatic hydroxyl groups excluding tert-OH is 4. The number of fused-ring (bicyclic) bond motifs is 1. The Hall–Kier alpha value is -7.07. The molecule has 0 spiro atoms. The molecule has 1 aliphatic heterocycles. The summed E-state index contributed by atoms with van der Waals surface area (Å²) in [4.78, 5) is 131. The molecule has 2 heterocycles. The number of rotatable bonds is 21. The zero-order chi connectivity index (χ0) is 59.2. The van der Waals surface area contributed by atoms with Gasteiger partial charge in [-0.25, -0.2) is 4.79 Å². The zero-order valence-corrected chi connectivity index (χ0v) is 47.1. The third kappa shape index (κ3) is 20.2. The van der Waals surface area contributed by atoms with Gasteiger partial charge in [-0.05, 0) is 76.3 Å². The van der Waals surface area contributed by atoms with E-state index in [1.807, 2.05) is 18.2 Å². The number of ether oxygens (including phenoxy) is 1. The molecular weight excluding hydrogens is 1090 g/mol. The Morgan fingerprint density at radius 1 is 0.679 bits per heavy atom. The van der Waals surface area contributed by atoms with E-state index in [-0.39, 0.29) is 43.7 Å². The van der Waals surface area contributed by atoms with Crippen molar-refractivity contribution < 1.29 is 68.3 Å². The lowest BCUT2D eigenvalue weighted by Gasteiger charge is -2.29. The Bertz CT molecular complexity index is 2750. The molecular formula is C55H74N10O14S2. The molecule has 15 N–H and O–H groups in total. The van der Waals surface area contributed by atoms with Gasteiger partial charge in [-0.15, -0.1) is 0 Å². The number of aromatic amines is 1. The molecule has 1 aromatic heterocycles. The van der Waals surface area contributed by atoms with Crippen molar-refractivity contribution >= 4 is 85.7 Å². The summed E-state index contributed by atoms with van der Waals surface area (Å²) in [6, 6.07) is 12.7. The normalized spacial score (nSPS) is 22.1. The summed E-state index contributed by atoms with van der Waals surface area (Å²) in [5.74, 6) is -8.94. The minimum atomic E-state index is -1.73. The molecule has 1 saturated heterocycles. The van der Waals surface area contributed by atoms with Crippen LogP contribution in [0.1, 0.15) is 63.6 Å². The molecule has 5 rings (SSSR count). The fourth-order valence-corrected chi connectivity index (χ4v) is 10.8. The number of benzene rings is 3. The third-order valence-corrected chi connectivity index (χ3v) is 15.6. The first-order valence-corrected chi connectivity index (χ1v) is 29.0. The number of hydrogen-bond acceptors (Lipinski definition) is 17. The zero-order valence-electron chi connectivity index (χ0n) is 45.4. The quantitative estimate of drug-likeness (QED) is 0.0261. The number of aromatic nitrogens is 1. The van der Waals surface area contributed by atoms with E-state index in [9.17, 15) is 63.6 Å². The maximum Gasteiger partial charge on any atom is 0.335 e. The summed E-state index contributed by atoms with van der Waals surface area (Å²) < 4.78 is 5.08. The lowest BCUT2D eigenvalue weighted by Crippen LogP contribution is -2.62. The van der Waals surface area contributed by atoms with Gasteiger partial charge in [-0.2, -0.15) is 0 Å². The van der Waals surface area contributed by atoms with Crippen LogP contribution in [0.3, 0.4) is 0 Å². The number of hydrogen-bond donors (Lipinski definition) is 14. The number of amides is 8. The Morgan fingerprint density at radius 2 is 1.27 bits per heavy atom. The second-order valence-electron chi connectivity index (χ2n) is 19.7. The van der Waals surface area contributed by atoms with Gasteiger partial charge in [0.05, 0.1) is 24.9 Å². The van der Waals surface area contributed by atoms with E-state index < -0.39 is 133 Å². The molecule has 0 radical (unpaired) electrons. The Morgan fingerprint density at radius 3 is 1.90 bits per heavy atom. The van der Waals surface area contributed by atoms with Crippen LogP contribution in [-0.2, 0) is 67.2 Å². The molecule has 0 bridgehead atoms. The van der Waals surface area contributed by atoms with Crippen LogP contribution in [0.25, 0.3) is 10.9 Å². The van der Waals surface area contributed by atoms with Gasteiger partial charge in [0.2, 0.25) is 41.4 Å². The Balaban J connectivity index is 1.61. The number of nitrogens with one attached hydrogen (secondary N) is 9. The van der Waals surface area contributed by atoms with Gasteiger partial charge in [0.25, 0.3) is 5.91 Å². The molecule has 81 heavy (non-hydrogen) atoms. The van der Waals surface area contributed by atoms with Crippen molar-refractivity contribution in [3.8, 4) is 0 Å². The van der Waals surface area contributed by atoms with Gasteiger partial charge in [0, 0.05) is 47.9 Å². The van der Waals surface area contributed by atoms with E-state index in [4.69, 9.17) is 10.5 Å². The summed E-state index contributed by atoms with van der Waals surface area (Å²) in [5, 5.41) is 62.8. The Kier molecular flexibility index (Phi) is 25.9. The van der Waals surface area contributed by atoms with Crippen LogP contribution < -0.4 is 48.3 Å². The molecule has 1 aliphatic rings. The minimum absolute atomic E-state index is 0.0113. The first-order chi connectivity index (χ1) is 38.7. The minimum Gasteiger partial charge on any atom is -0.451 e. The molecule has 1 fully saturated rings. The standard InChI is InChI=1S/C55H74N10O14S2/c1-30(67)43(27-66)62-53(76)45-29-81-80-28-44(63-50(73)40(23-34-15-7-5-8-16-34)59-47(70)33(4)79-55(78)32(3)69)52(75)60-41(24-35-17-9-6-10-18-35)49(72)61-42(25-36-26-57-38-20-12-11-19-37(36)38)51(74)58-39(21-13-14-22-56)48(71)65-46(31(2)68)54(77)64-45/h5-12,15-20,26,30-33,39-46,57,66-69H,13-14,21-25,27-29,56H2,1-4H3,(H,58,74)(H,59,70)(H,60,75)(H,61,72)(H,62,76)(H,63,73)(H,64,77)(H,65,71)/t30-,31-,32-,33-,39?,40?,41?,42?,43?,44?,45?,46?/m1/s1. The van der Waals surface area contributed by atoms with Crippen molar-refractivity contribution in [3.63, 3.8) is 0 Å². The third-order valence-electron chi connectivity index (χ3n) is 13.1. The van der Waals surface area contributed by atoms with E-state index in [1.165, 1.54) is 20.8 Å². The summed E-state index contributed by atoms with van der Waals surface area (Å²) in [5.41, 5.74) is 8.29. The van der Waals surface area contributed by atoms with Crippen LogP contribution in [0, 0.1) is 0 Å². The van der Waals surface area contributed by atoms with E-state index in [2.05, 4.69) is 47.5 Å². The highest BCUT2D eigenvalue weighted by Gasteiger charge is 2.37. The number of esters is 1. The number of carbonyl (C=O) groups excluding carboxylic acids is 9. The predicted molar refractivity (Wildman–Crippen MR) is 303 cm³/mol. The molecule has 4 aromatic rings. The van der Waals surface area contributed by atoms with Crippen molar-refractivity contribution in [2.24, 2.45) is 5.73 Å². The molecule has 8 amide bonds. The molecule has 3 aromatic carbocycles. The number of nitrogens with two attached hydrogens (primary N) is 1. The highest BCUT2D eigenvalue weighted by molar-refractivity contribution is 8.76. The van der Waals surface area contributed by atoms with Gasteiger partial charge in [0.15, 0.2) is 6.10 Å². The average molecular weight is 1160 g/mol. The van der Waals surface area contributed by atoms with Crippen molar-refractivity contribution in [1.82, 2.24) is 47.5 Å². The molecule has 26 heteroatoms. The number of carbonyl (C=O) groups is 9. The van der Waals surface area contributed by atoms with Crippen LogP contribution >= 0.6 is 21.6 Å². The molecule has 0 saturated carbocycles. The largest absolute Gasteiger partial charge is 0.451 e. The van der Waals surface area contributed by atoms with Crippen LogP contribution in [0.4, 0.5) is 0 Å². The molecule has 24 nitrogen and oxygen atoms in total. The molecule has 440 valence electrons. The number of H-pyrrole nitrogens is 1. The van der Waals surface area contributed by atoms with E-state index in [0.717, 1.165) is 39.4 Å². The van der Waals surface area contributed by atoms with Gasteiger partial charge >= 0.3 is 5.97 Å². The number of para-hydroxylation sites is 1. The smallest absolute Gasteiger partial charge is 0.335 e. The van der Waals surface area contributed by atoms with Gasteiger partial charge in [-0.1, -0.05) is 100 Å². The average Bonchev–Trinajstić information content (AvgIpc) is 4.07. The second kappa shape index (κ2) is 32.4. The highest BCUT2D eigenvalue weighted by atomic mass is 33.1.